The van der Waals surface area contributed by atoms with Crippen molar-refractivity contribution in [3.8, 4) is 0 Å². The molecule has 0 unspecified atom stereocenters. The minimum absolute atomic E-state index is 0.214. The van der Waals surface area contributed by atoms with Gasteiger partial charge in [0.1, 0.15) is 11.8 Å². The maximum Gasteiger partial charge on any atom is 0.255 e. The molecule has 0 aliphatic carbocycles. The molecule has 1 aliphatic rings. The van der Waals surface area contributed by atoms with Crippen molar-refractivity contribution in [2.24, 2.45) is 0 Å². The molecule has 118 valence electrons. The number of hydrogen-bond acceptors (Lipinski definition) is 3. The summed E-state index contributed by atoms with van der Waals surface area (Å²) in [6, 6.07) is 10.6. The van der Waals surface area contributed by atoms with Gasteiger partial charge in [-0.15, -0.1) is 0 Å². The number of rotatable bonds is 3. The van der Waals surface area contributed by atoms with Gasteiger partial charge in [0.15, 0.2) is 5.11 Å². The summed E-state index contributed by atoms with van der Waals surface area (Å²) in [5, 5.41) is 9.42. The number of thiocarbonyl (C=S) groups is 1. The summed E-state index contributed by atoms with van der Waals surface area (Å²) >= 11 is 8.55. The van der Waals surface area contributed by atoms with Gasteiger partial charge in [0.2, 0.25) is 0 Å². The molecule has 0 bridgehead atoms. The molecular formula is C16H14BrN3O2S. The van der Waals surface area contributed by atoms with Crippen LogP contribution in [0.1, 0.15) is 18.7 Å². The number of halogens is 1. The van der Waals surface area contributed by atoms with E-state index in [9.17, 15) is 4.79 Å². The number of carbonyl (C=O) groups excluding carboxylic acids is 1. The Kier molecular flexibility index (Phi) is 4.49. The second-order valence-corrected chi connectivity index (χ2v) is 6.37. The highest BCUT2D eigenvalue weighted by molar-refractivity contribution is 9.10. The third-order valence-electron chi connectivity index (χ3n) is 3.44. The maximum atomic E-state index is 12.7. The van der Waals surface area contributed by atoms with Crippen LogP contribution in [0.15, 0.2) is 62.8 Å². The summed E-state index contributed by atoms with van der Waals surface area (Å²) in [6.07, 6.45) is 1.57. The molecule has 1 aliphatic heterocycles. The lowest BCUT2D eigenvalue weighted by molar-refractivity contribution is -0.113. The summed E-state index contributed by atoms with van der Waals surface area (Å²) in [4.78, 5) is 12.7. The SMILES string of the molecule is CC1=C(C(=O)Nc2ccc(Br)cc2)[C@@H](c2ccco2)NC(=S)N1. The van der Waals surface area contributed by atoms with Crippen molar-refractivity contribution in [2.45, 2.75) is 13.0 Å². The first kappa shape index (κ1) is 15.8. The Hall–Kier alpha value is -2.12. The van der Waals surface area contributed by atoms with E-state index in [1.54, 1.807) is 12.3 Å². The summed E-state index contributed by atoms with van der Waals surface area (Å²) in [5.41, 5.74) is 1.95. The van der Waals surface area contributed by atoms with Crippen LogP contribution in [0.3, 0.4) is 0 Å². The lowest BCUT2D eigenvalue weighted by Gasteiger charge is -2.28. The van der Waals surface area contributed by atoms with E-state index in [2.05, 4.69) is 31.9 Å². The number of nitrogens with one attached hydrogen (secondary N) is 3. The number of anilines is 1. The van der Waals surface area contributed by atoms with Gasteiger partial charge >= 0.3 is 0 Å². The van der Waals surface area contributed by atoms with Gasteiger partial charge in [-0.1, -0.05) is 15.9 Å². The molecule has 23 heavy (non-hydrogen) atoms. The third kappa shape index (κ3) is 3.46. The normalized spacial score (nSPS) is 17.5. The van der Waals surface area contributed by atoms with Gasteiger partial charge in [-0.2, -0.15) is 0 Å². The van der Waals surface area contributed by atoms with Crippen LogP contribution in [0.4, 0.5) is 5.69 Å². The Morgan fingerprint density at radius 3 is 2.70 bits per heavy atom. The highest BCUT2D eigenvalue weighted by Crippen LogP contribution is 2.28. The molecule has 5 nitrogen and oxygen atoms in total. The highest BCUT2D eigenvalue weighted by atomic mass is 79.9. The van der Waals surface area contributed by atoms with Crippen LogP contribution in [-0.2, 0) is 4.79 Å². The standard InChI is InChI=1S/C16H14BrN3O2S/c1-9-13(15(21)19-11-6-4-10(17)5-7-11)14(20-16(23)18-9)12-3-2-8-22-12/h2-8,14H,1H3,(H,19,21)(H2,18,20,23)/t14-/m1/s1. The van der Waals surface area contributed by atoms with E-state index in [0.717, 1.165) is 4.47 Å². The minimum Gasteiger partial charge on any atom is -0.467 e. The van der Waals surface area contributed by atoms with E-state index >= 15 is 0 Å². The number of hydrogen-bond donors (Lipinski definition) is 3. The van der Waals surface area contributed by atoms with Crippen LogP contribution < -0.4 is 16.0 Å². The molecule has 1 aromatic carbocycles. The summed E-state index contributed by atoms with van der Waals surface area (Å²) in [5.74, 6) is 0.419. The number of amides is 1. The molecule has 1 amide bonds. The lowest BCUT2D eigenvalue weighted by Crippen LogP contribution is -2.45. The van der Waals surface area contributed by atoms with Crippen molar-refractivity contribution in [1.82, 2.24) is 10.6 Å². The van der Waals surface area contributed by atoms with Crippen molar-refractivity contribution in [3.05, 3.63) is 64.2 Å². The first-order valence-corrected chi connectivity index (χ1v) is 8.13. The number of furan rings is 1. The van der Waals surface area contributed by atoms with Crippen molar-refractivity contribution in [3.63, 3.8) is 0 Å². The molecule has 0 spiro atoms. The quantitative estimate of drug-likeness (QED) is 0.699. The smallest absolute Gasteiger partial charge is 0.255 e. The Labute approximate surface area is 147 Å². The van der Waals surface area contributed by atoms with Crippen molar-refractivity contribution >= 4 is 44.9 Å². The number of carbonyl (C=O) groups is 1. The average molecular weight is 392 g/mol. The molecule has 0 saturated heterocycles. The molecule has 2 aromatic rings. The zero-order chi connectivity index (χ0) is 16.4. The topological polar surface area (TPSA) is 66.3 Å². The van der Waals surface area contributed by atoms with Gasteiger partial charge in [0.25, 0.3) is 5.91 Å². The summed E-state index contributed by atoms with van der Waals surface area (Å²) in [7, 11) is 0. The van der Waals surface area contributed by atoms with Crippen molar-refractivity contribution in [2.75, 3.05) is 5.32 Å². The maximum absolute atomic E-state index is 12.7. The number of allylic oxidation sites excluding steroid dienone is 1. The molecule has 7 heteroatoms. The third-order valence-corrected chi connectivity index (χ3v) is 4.19. The second-order valence-electron chi connectivity index (χ2n) is 5.05. The zero-order valence-electron chi connectivity index (χ0n) is 12.2. The lowest BCUT2D eigenvalue weighted by atomic mass is 10.00. The van der Waals surface area contributed by atoms with E-state index in [4.69, 9.17) is 16.6 Å². The average Bonchev–Trinajstić information content (AvgIpc) is 3.03. The Morgan fingerprint density at radius 2 is 2.04 bits per heavy atom. The van der Waals surface area contributed by atoms with Crippen molar-refractivity contribution in [1.29, 1.82) is 0 Å². The first-order valence-electron chi connectivity index (χ1n) is 6.93. The van der Waals surface area contributed by atoms with Gasteiger partial charge in [0.05, 0.1) is 11.8 Å². The summed E-state index contributed by atoms with van der Waals surface area (Å²) in [6.45, 7) is 1.82. The van der Waals surface area contributed by atoms with Crippen LogP contribution in [0, 0.1) is 0 Å². The molecule has 2 heterocycles. The van der Waals surface area contributed by atoms with E-state index in [1.165, 1.54) is 0 Å². The van der Waals surface area contributed by atoms with E-state index in [-0.39, 0.29) is 5.91 Å². The monoisotopic (exact) mass is 391 g/mol. The summed E-state index contributed by atoms with van der Waals surface area (Å²) < 4.78 is 6.40. The highest BCUT2D eigenvalue weighted by Gasteiger charge is 2.31. The fourth-order valence-corrected chi connectivity index (χ4v) is 2.93. The van der Waals surface area contributed by atoms with Crippen LogP contribution in [-0.4, -0.2) is 11.0 Å². The zero-order valence-corrected chi connectivity index (χ0v) is 14.6. The Bertz CT molecular complexity index is 769. The molecule has 0 saturated carbocycles. The second kappa shape index (κ2) is 6.55. The van der Waals surface area contributed by atoms with Crippen LogP contribution in [0.25, 0.3) is 0 Å². The van der Waals surface area contributed by atoms with Gasteiger partial charge < -0.3 is 20.4 Å². The largest absolute Gasteiger partial charge is 0.467 e. The molecule has 1 atom stereocenters. The Morgan fingerprint density at radius 1 is 1.30 bits per heavy atom. The predicted octanol–water partition coefficient (Wildman–Crippen LogP) is 3.47. The minimum atomic E-state index is -0.422. The van der Waals surface area contributed by atoms with E-state index < -0.39 is 6.04 Å². The van der Waals surface area contributed by atoms with E-state index in [0.29, 0.717) is 27.8 Å². The van der Waals surface area contributed by atoms with Gasteiger partial charge in [-0.05, 0) is 55.5 Å². The van der Waals surface area contributed by atoms with E-state index in [1.807, 2.05) is 37.3 Å². The molecule has 3 rings (SSSR count). The van der Waals surface area contributed by atoms with Crippen molar-refractivity contribution < 1.29 is 9.21 Å². The molecule has 0 fully saturated rings. The van der Waals surface area contributed by atoms with Crippen LogP contribution >= 0.6 is 28.1 Å². The molecular weight excluding hydrogens is 378 g/mol. The fraction of sp³-hybridized carbons (Fsp3) is 0.125. The number of benzene rings is 1. The molecule has 3 N–H and O–H groups in total. The van der Waals surface area contributed by atoms with Crippen LogP contribution in [0.5, 0.6) is 0 Å². The Balaban J connectivity index is 1.90. The molecule has 0 radical (unpaired) electrons. The predicted molar refractivity (Wildman–Crippen MR) is 95.8 cm³/mol. The van der Waals surface area contributed by atoms with Gasteiger partial charge in [-0.25, -0.2) is 0 Å². The van der Waals surface area contributed by atoms with Gasteiger partial charge in [-0.3, -0.25) is 4.79 Å². The molecule has 1 aromatic heterocycles. The first-order chi connectivity index (χ1) is 11.0. The van der Waals surface area contributed by atoms with Gasteiger partial charge in [0, 0.05) is 15.9 Å². The fourth-order valence-electron chi connectivity index (χ4n) is 2.40. The van der Waals surface area contributed by atoms with Crippen LogP contribution in [0.2, 0.25) is 0 Å².